The number of carbonyl (C=O) groups excluding carboxylic acids is 1. The van der Waals surface area contributed by atoms with Crippen molar-refractivity contribution in [3.63, 3.8) is 0 Å². The van der Waals surface area contributed by atoms with E-state index < -0.39 is 29.6 Å². The van der Waals surface area contributed by atoms with Crippen molar-refractivity contribution in [1.29, 1.82) is 0 Å². The van der Waals surface area contributed by atoms with Crippen LogP contribution < -0.4 is 14.8 Å². The largest absolute Gasteiger partial charge is 0.492 e. The molecule has 0 saturated carbocycles. The van der Waals surface area contributed by atoms with Gasteiger partial charge in [-0.1, -0.05) is 12.1 Å². The first-order chi connectivity index (χ1) is 12.3. The zero-order valence-electron chi connectivity index (χ0n) is 13.8. The van der Waals surface area contributed by atoms with E-state index in [1.54, 1.807) is 0 Å². The summed E-state index contributed by atoms with van der Waals surface area (Å²) in [6, 6.07) is 9.85. The summed E-state index contributed by atoms with van der Waals surface area (Å²) in [4.78, 5) is 11.9. The highest BCUT2D eigenvalue weighted by atomic mass is 19.4. The Morgan fingerprint density at radius 2 is 1.81 bits per heavy atom. The second kappa shape index (κ2) is 8.55. The lowest BCUT2D eigenvalue weighted by Crippen LogP contribution is -2.38. The number of benzene rings is 2. The van der Waals surface area contributed by atoms with Gasteiger partial charge in [0, 0.05) is 6.07 Å². The van der Waals surface area contributed by atoms with Crippen molar-refractivity contribution in [2.75, 3.05) is 13.2 Å². The van der Waals surface area contributed by atoms with Crippen molar-refractivity contribution < 1.29 is 31.8 Å². The number of carbonyl (C=O) groups is 1. The fraction of sp³-hybridized carbons (Fsp3) is 0.278. The van der Waals surface area contributed by atoms with E-state index in [4.69, 9.17) is 9.47 Å². The van der Waals surface area contributed by atoms with Crippen molar-refractivity contribution >= 4 is 5.91 Å². The Morgan fingerprint density at radius 1 is 1.12 bits per heavy atom. The van der Waals surface area contributed by atoms with Gasteiger partial charge in [0.2, 0.25) is 0 Å². The smallest absolute Gasteiger partial charge is 0.416 e. The van der Waals surface area contributed by atoms with E-state index in [-0.39, 0.29) is 24.7 Å². The van der Waals surface area contributed by atoms with Crippen molar-refractivity contribution in [3.05, 3.63) is 59.9 Å². The van der Waals surface area contributed by atoms with Crippen molar-refractivity contribution in [2.24, 2.45) is 0 Å². The second-order valence-electron chi connectivity index (χ2n) is 5.38. The predicted molar refractivity (Wildman–Crippen MR) is 86.4 cm³/mol. The summed E-state index contributed by atoms with van der Waals surface area (Å²) in [6.07, 6.45) is -5.32. The molecule has 1 unspecified atom stereocenters. The minimum absolute atomic E-state index is 0.0142. The highest BCUT2D eigenvalue weighted by Crippen LogP contribution is 2.31. The Bertz CT molecular complexity index is 749. The van der Waals surface area contributed by atoms with Gasteiger partial charge in [-0.2, -0.15) is 13.2 Å². The molecule has 0 fully saturated rings. The van der Waals surface area contributed by atoms with Crippen LogP contribution >= 0.6 is 0 Å². The standard InChI is InChI=1S/C18H17F4NO3/c1-12(26-16-7-3-5-14(19)11-16)17(24)23-8-9-25-15-6-2-4-13(10-15)18(20,21)22/h2-7,10-12H,8-9H2,1H3,(H,23,24). The molecule has 0 radical (unpaired) electrons. The van der Waals surface area contributed by atoms with Crippen LogP contribution in [0.3, 0.4) is 0 Å². The molecule has 0 aliphatic rings. The van der Waals surface area contributed by atoms with E-state index in [1.807, 2.05) is 0 Å². The lowest BCUT2D eigenvalue weighted by atomic mass is 10.2. The quantitative estimate of drug-likeness (QED) is 0.595. The molecule has 26 heavy (non-hydrogen) atoms. The predicted octanol–water partition coefficient (Wildman–Crippen LogP) is 3.81. The molecule has 0 bridgehead atoms. The maximum Gasteiger partial charge on any atom is 0.416 e. The molecule has 0 aromatic heterocycles. The third kappa shape index (κ3) is 5.94. The van der Waals surface area contributed by atoms with Crippen molar-refractivity contribution in [3.8, 4) is 11.5 Å². The van der Waals surface area contributed by atoms with Gasteiger partial charge in [-0.3, -0.25) is 4.79 Å². The van der Waals surface area contributed by atoms with Crippen LogP contribution in [0.5, 0.6) is 11.5 Å². The number of hydrogen-bond acceptors (Lipinski definition) is 3. The van der Waals surface area contributed by atoms with Crippen LogP contribution in [0.4, 0.5) is 17.6 Å². The zero-order chi connectivity index (χ0) is 19.2. The molecule has 2 aromatic rings. The second-order valence-corrected chi connectivity index (χ2v) is 5.38. The summed E-state index contributed by atoms with van der Waals surface area (Å²) in [6.45, 7) is 1.56. The molecule has 2 aromatic carbocycles. The first kappa shape index (κ1) is 19.6. The average molecular weight is 371 g/mol. The Hall–Kier alpha value is -2.77. The van der Waals surface area contributed by atoms with Crippen LogP contribution in [0.1, 0.15) is 12.5 Å². The van der Waals surface area contributed by atoms with Crippen LogP contribution in [-0.2, 0) is 11.0 Å². The molecular weight excluding hydrogens is 354 g/mol. The van der Waals surface area contributed by atoms with Crippen LogP contribution in [-0.4, -0.2) is 25.2 Å². The van der Waals surface area contributed by atoms with Gasteiger partial charge in [0.25, 0.3) is 5.91 Å². The summed E-state index contributed by atoms with van der Waals surface area (Å²) in [5.41, 5.74) is -0.809. The minimum Gasteiger partial charge on any atom is -0.492 e. The fourth-order valence-electron chi connectivity index (χ4n) is 2.05. The van der Waals surface area contributed by atoms with Crippen LogP contribution in [0, 0.1) is 5.82 Å². The number of amides is 1. The first-order valence-electron chi connectivity index (χ1n) is 7.75. The lowest BCUT2D eigenvalue weighted by Gasteiger charge is -2.15. The molecule has 1 amide bonds. The van der Waals surface area contributed by atoms with E-state index in [9.17, 15) is 22.4 Å². The molecule has 0 aliphatic carbocycles. The van der Waals surface area contributed by atoms with E-state index in [2.05, 4.69) is 5.32 Å². The van der Waals surface area contributed by atoms with Gasteiger partial charge in [0.05, 0.1) is 12.1 Å². The van der Waals surface area contributed by atoms with Crippen molar-refractivity contribution in [2.45, 2.75) is 19.2 Å². The van der Waals surface area contributed by atoms with Crippen LogP contribution in [0.25, 0.3) is 0 Å². The Kier molecular flexibility index (Phi) is 6.43. The number of rotatable bonds is 7. The molecule has 2 rings (SSSR count). The third-order valence-corrected chi connectivity index (χ3v) is 3.31. The Balaban J connectivity index is 1.76. The number of alkyl halides is 3. The zero-order valence-corrected chi connectivity index (χ0v) is 13.8. The first-order valence-corrected chi connectivity index (χ1v) is 7.75. The van der Waals surface area contributed by atoms with Gasteiger partial charge in [0.15, 0.2) is 6.10 Å². The number of nitrogens with one attached hydrogen (secondary N) is 1. The average Bonchev–Trinajstić information content (AvgIpc) is 2.58. The van der Waals surface area contributed by atoms with E-state index in [0.29, 0.717) is 0 Å². The monoisotopic (exact) mass is 371 g/mol. The lowest BCUT2D eigenvalue weighted by molar-refractivity contribution is -0.137. The van der Waals surface area contributed by atoms with Gasteiger partial charge in [-0.25, -0.2) is 4.39 Å². The highest BCUT2D eigenvalue weighted by Gasteiger charge is 2.30. The molecular formula is C18H17F4NO3. The van der Waals surface area contributed by atoms with Gasteiger partial charge < -0.3 is 14.8 Å². The molecule has 4 nitrogen and oxygen atoms in total. The van der Waals surface area contributed by atoms with Gasteiger partial charge in [0.1, 0.15) is 23.9 Å². The molecule has 140 valence electrons. The molecule has 0 heterocycles. The fourth-order valence-corrected chi connectivity index (χ4v) is 2.05. The topological polar surface area (TPSA) is 47.6 Å². The maximum atomic E-state index is 13.1. The summed E-state index contributed by atoms with van der Waals surface area (Å²) < 4.78 is 61.4. The Labute approximate surface area is 147 Å². The summed E-state index contributed by atoms with van der Waals surface area (Å²) in [5, 5.41) is 2.53. The van der Waals surface area contributed by atoms with E-state index in [1.165, 1.54) is 37.3 Å². The third-order valence-electron chi connectivity index (χ3n) is 3.31. The molecule has 8 heteroatoms. The van der Waals surface area contributed by atoms with Gasteiger partial charge in [-0.15, -0.1) is 0 Å². The molecule has 1 N–H and O–H groups in total. The molecule has 0 saturated heterocycles. The minimum atomic E-state index is -4.45. The van der Waals surface area contributed by atoms with Crippen molar-refractivity contribution in [1.82, 2.24) is 5.32 Å². The summed E-state index contributed by atoms with van der Waals surface area (Å²) in [7, 11) is 0. The SMILES string of the molecule is CC(Oc1cccc(F)c1)C(=O)NCCOc1cccc(C(F)(F)F)c1. The van der Waals surface area contributed by atoms with E-state index >= 15 is 0 Å². The number of ether oxygens (including phenoxy) is 2. The summed E-state index contributed by atoms with van der Waals surface area (Å²) in [5.74, 6) is -0.669. The van der Waals surface area contributed by atoms with E-state index in [0.717, 1.165) is 18.2 Å². The maximum absolute atomic E-state index is 13.1. The highest BCUT2D eigenvalue weighted by molar-refractivity contribution is 5.80. The van der Waals surface area contributed by atoms with Gasteiger partial charge >= 0.3 is 6.18 Å². The Morgan fingerprint density at radius 3 is 2.50 bits per heavy atom. The summed E-state index contributed by atoms with van der Waals surface area (Å²) >= 11 is 0. The number of hydrogen-bond donors (Lipinski definition) is 1. The van der Waals surface area contributed by atoms with Crippen LogP contribution in [0.2, 0.25) is 0 Å². The number of halogens is 4. The molecule has 1 atom stereocenters. The molecule has 0 spiro atoms. The normalized spacial score (nSPS) is 12.3. The van der Waals surface area contributed by atoms with Crippen LogP contribution in [0.15, 0.2) is 48.5 Å². The molecule has 0 aliphatic heterocycles. The van der Waals surface area contributed by atoms with Gasteiger partial charge in [-0.05, 0) is 37.3 Å².